The summed E-state index contributed by atoms with van der Waals surface area (Å²) in [6.07, 6.45) is 5.32. The van der Waals surface area contributed by atoms with Crippen LogP contribution in [0.15, 0.2) is 6.20 Å². The molecule has 7 nitrogen and oxygen atoms in total. The van der Waals surface area contributed by atoms with Gasteiger partial charge in [0, 0.05) is 24.0 Å². The van der Waals surface area contributed by atoms with E-state index in [1.807, 2.05) is 27.0 Å². The molecule has 1 aliphatic rings. The van der Waals surface area contributed by atoms with Gasteiger partial charge in [-0.05, 0) is 52.5 Å². The Kier molecular flexibility index (Phi) is 5.15. The molecule has 1 amide bonds. The maximum Gasteiger partial charge on any atom is 0.222 e. The number of fused-ring (bicyclic) bond motifs is 1. The normalized spacial score (nSPS) is 14.2. The Morgan fingerprint density at radius 3 is 2.77 bits per heavy atom. The third kappa shape index (κ3) is 3.66. The largest absolute Gasteiger partial charge is 0.349 e. The van der Waals surface area contributed by atoms with Crippen molar-refractivity contribution < 1.29 is 9.59 Å². The average molecular weight is 355 g/mol. The minimum atomic E-state index is -0.136. The van der Waals surface area contributed by atoms with Crippen LogP contribution in [0.1, 0.15) is 71.6 Å². The van der Waals surface area contributed by atoms with Gasteiger partial charge in [-0.2, -0.15) is 5.10 Å². The van der Waals surface area contributed by atoms with Gasteiger partial charge in [-0.15, -0.1) is 0 Å². The number of carbonyl (C=O) groups is 2. The van der Waals surface area contributed by atoms with Crippen LogP contribution in [0.25, 0.3) is 0 Å². The monoisotopic (exact) mass is 355 g/mol. The lowest BCUT2D eigenvalue weighted by Gasteiger charge is -2.14. The smallest absolute Gasteiger partial charge is 0.222 e. The van der Waals surface area contributed by atoms with Crippen molar-refractivity contribution in [2.45, 2.75) is 66.0 Å². The third-order valence-electron chi connectivity index (χ3n) is 4.88. The Labute approximate surface area is 153 Å². The van der Waals surface area contributed by atoms with Crippen molar-refractivity contribution in [1.29, 1.82) is 0 Å². The molecule has 0 spiro atoms. The highest BCUT2D eigenvalue weighted by Gasteiger charge is 2.20. The van der Waals surface area contributed by atoms with Crippen molar-refractivity contribution in [1.82, 2.24) is 25.1 Å². The van der Waals surface area contributed by atoms with Crippen molar-refractivity contribution in [3.8, 4) is 0 Å². The lowest BCUT2D eigenvalue weighted by molar-refractivity contribution is -0.122. The molecular formula is C19H25N5O2. The second-order valence-electron chi connectivity index (χ2n) is 6.99. The first-order valence-corrected chi connectivity index (χ1v) is 9.03. The average Bonchev–Trinajstić information content (AvgIpc) is 3.16. The van der Waals surface area contributed by atoms with Crippen LogP contribution in [-0.2, 0) is 24.2 Å². The number of aromatic nitrogens is 4. The van der Waals surface area contributed by atoms with Gasteiger partial charge in [-0.1, -0.05) is 0 Å². The highest BCUT2D eigenvalue weighted by atomic mass is 16.1. The van der Waals surface area contributed by atoms with Gasteiger partial charge in [0.2, 0.25) is 5.91 Å². The summed E-state index contributed by atoms with van der Waals surface area (Å²) < 4.78 is 1.76. The molecule has 0 saturated heterocycles. The molecule has 138 valence electrons. The Morgan fingerprint density at radius 1 is 1.31 bits per heavy atom. The van der Waals surface area contributed by atoms with E-state index < -0.39 is 0 Å². The molecule has 1 N–H and O–H groups in total. The second kappa shape index (κ2) is 7.35. The molecule has 0 unspecified atom stereocenters. The molecule has 0 radical (unpaired) electrons. The van der Waals surface area contributed by atoms with Crippen molar-refractivity contribution >= 4 is 11.7 Å². The predicted octanol–water partition coefficient (Wildman–Crippen LogP) is 2.25. The van der Waals surface area contributed by atoms with E-state index in [2.05, 4.69) is 20.4 Å². The molecule has 7 heteroatoms. The number of Topliss-reactive ketones (excluding diaryl/α,β-unsaturated/α-hetero) is 1. The molecule has 1 aliphatic carbocycles. The molecule has 26 heavy (non-hydrogen) atoms. The highest BCUT2D eigenvalue weighted by molar-refractivity contribution is 5.96. The molecule has 2 aromatic heterocycles. The Hall–Kier alpha value is -2.57. The summed E-state index contributed by atoms with van der Waals surface area (Å²) in [4.78, 5) is 32.9. The van der Waals surface area contributed by atoms with E-state index in [0.717, 1.165) is 30.7 Å². The van der Waals surface area contributed by atoms with Crippen LogP contribution in [0.4, 0.5) is 0 Å². The summed E-state index contributed by atoms with van der Waals surface area (Å²) in [5.74, 6) is 0.562. The van der Waals surface area contributed by atoms with Gasteiger partial charge >= 0.3 is 0 Å². The first-order chi connectivity index (χ1) is 12.4. The van der Waals surface area contributed by atoms with Gasteiger partial charge in [0.05, 0.1) is 23.8 Å². The molecule has 1 atom stereocenters. The van der Waals surface area contributed by atoms with Crippen LogP contribution < -0.4 is 5.32 Å². The van der Waals surface area contributed by atoms with Crippen molar-refractivity contribution in [2.24, 2.45) is 0 Å². The molecule has 0 saturated carbocycles. The number of nitrogens with zero attached hydrogens (tertiary/aromatic N) is 4. The summed E-state index contributed by atoms with van der Waals surface area (Å²) in [5.41, 5.74) is 4.48. The fourth-order valence-electron chi connectivity index (χ4n) is 3.65. The Bertz CT molecular complexity index is 856. The number of carbonyl (C=O) groups excluding carboxylic acids is 2. The van der Waals surface area contributed by atoms with E-state index in [1.165, 1.54) is 12.5 Å². The molecule has 0 bridgehead atoms. The van der Waals surface area contributed by atoms with E-state index >= 15 is 0 Å². The second-order valence-corrected chi connectivity index (χ2v) is 6.99. The maximum absolute atomic E-state index is 12.3. The number of aryl methyl sites for hydroxylation is 3. The zero-order chi connectivity index (χ0) is 18.8. The lowest BCUT2D eigenvalue weighted by Crippen LogP contribution is -2.27. The van der Waals surface area contributed by atoms with E-state index in [-0.39, 0.29) is 24.2 Å². The maximum atomic E-state index is 12.3. The Balaban J connectivity index is 1.60. The number of ketones is 1. The molecule has 0 aromatic carbocycles. The summed E-state index contributed by atoms with van der Waals surface area (Å²) in [6.45, 7) is 7.47. The minimum Gasteiger partial charge on any atom is -0.349 e. The first-order valence-electron chi connectivity index (χ1n) is 9.03. The summed E-state index contributed by atoms with van der Waals surface area (Å²) >= 11 is 0. The van der Waals surface area contributed by atoms with E-state index in [0.29, 0.717) is 23.6 Å². The zero-order valence-corrected chi connectivity index (χ0v) is 15.8. The predicted molar refractivity (Wildman–Crippen MR) is 96.9 cm³/mol. The number of hydrogen-bond donors (Lipinski definition) is 1. The van der Waals surface area contributed by atoms with Crippen molar-refractivity contribution in [2.75, 3.05) is 0 Å². The van der Waals surface area contributed by atoms with E-state index in [4.69, 9.17) is 0 Å². The molecular weight excluding hydrogens is 330 g/mol. The topological polar surface area (TPSA) is 89.8 Å². The standard InChI is InChI=1S/C19H25N5O2/c1-11(24-13(3)19(14(4)25)12(2)23-24)8-18(26)21-10-17-20-9-15-6-5-7-16(15)22-17/h9,11H,5-8,10H2,1-4H3,(H,21,26)/t11-/m1/s1. The number of amides is 1. The van der Waals surface area contributed by atoms with Gasteiger partial charge in [-0.25, -0.2) is 9.97 Å². The molecule has 0 fully saturated rings. The summed E-state index contributed by atoms with van der Waals surface area (Å²) in [7, 11) is 0. The quantitative estimate of drug-likeness (QED) is 0.803. The van der Waals surface area contributed by atoms with Gasteiger partial charge in [0.15, 0.2) is 5.78 Å². The number of hydrogen-bond acceptors (Lipinski definition) is 5. The molecule has 2 aromatic rings. The van der Waals surface area contributed by atoms with E-state index in [1.54, 1.807) is 4.68 Å². The van der Waals surface area contributed by atoms with Crippen molar-refractivity contribution in [3.05, 3.63) is 40.2 Å². The number of nitrogens with one attached hydrogen (secondary N) is 1. The van der Waals surface area contributed by atoms with Gasteiger partial charge in [0.25, 0.3) is 0 Å². The molecule has 0 aliphatic heterocycles. The van der Waals surface area contributed by atoms with Crippen LogP contribution in [0.5, 0.6) is 0 Å². The van der Waals surface area contributed by atoms with Crippen molar-refractivity contribution in [3.63, 3.8) is 0 Å². The molecule has 2 heterocycles. The van der Waals surface area contributed by atoms with Crippen LogP contribution in [0.3, 0.4) is 0 Å². The summed E-state index contributed by atoms with van der Waals surface area (Å²) in [6, 6.07) is -0.136. The van der Waals surface area contributed by atoms with Gasteiger partial charge in [-0.3, -0.25) is 14.3 Å². The van der Waals surface area contributed by atoms with Crippen LogP contribution in [-0.4, -0.2) is 31.4 Å². The van der Waals surface area contributed by atoms with Crippen LogP contribution in [0.2, 0.25) is 0 Å². The van der Waals surface area contributed by atoms with Crippen LogP contribution >= 0.6 is 0 Å². The summed E-state index contributed by atoms with van der Waals surface area (Å²) in [5, 5.41) is 7.32. The first kappa shape index (κ1) is 18.2. The van der Waals surface area contributed by atoms with Gasteiger partial charge < -0.3 is 5.32 Å². The fraction of sp³-hybridized carbons (Fsp3) is 0.526. The highest BCUT2D eigenvalue weighted by Crippen LogP contribution is 2.20. The fourth-order valence-corrected chi connectivity index (χ4v) is 3.65. The Morgan fingerprint density at radius 2 is 2.08 bits per heavy atom. The van der Waals surface area contributed by atoms with Crippen LogP contribution in [0, 0.1) is 13.8 Å². The molecule has 3 rings (SSSR count). The SMILES string of the molecule is CC(=O)c1c(C)nn([C@H](C)CC(=O)NCc2ncc3c(n2)CCC3)c1C. The third-order valence-corrected chi connectivity index (χ3v) is 4.88. The minimum absolute atomic E-state index is 0.00309. The van der Waals surface area contributed by atoms with E-state index in [9.17, 15) is 9.59 Å². The number of rotatable bonds is 6. The zero-order valence-electron chi connectivity index (χ0n) is 15.8. The van der Waals surface area contributed by atoms with Gasteiger partial charge in [0.1, 0.15) is 5.82 Å². The lowest BCUT2D eigenvalue weighted by atomic mass is 10.1.